The Hall–Kier alpha value is -2.93. The highest BCUT2D eigenvalue weighted by molar-refractivity contribution is 5.80. The maximum absolute atomic E-state index is 15.9. The molecule has 0 aromatic heterocycles. The molecule has 37 heteroatoms. The summed E-state index contributed by atoms with van der Waals surface area (Å²) >= 11 is 0. The summed E-state index contributed by atoms with van der Waals surface area (Å²) in [6.45, 7) is 12.0. The molecular weight excluding hydrogens is 1430 g/mol. The molecule has 0 radical (unpaired) electrons. The summed E-state index contributed by atoms with van der Waals surface area (Å²) < 4.78 is 84.6. The molecule has 7 heterocycles. The van der Waals surface area contributed by atoms with Crippen LogP contribution in [0.3, 0.4) is 0 Å². The lowest BCUT2D eigenvalue weighted by Crippen LogP contribution is -2.69. The van der Waals surface area contributed by atoms with Gasteiger partial charge in [-0.2, -0.15) is 0 Å². The molecule has 0 bridgehead atoms. The minimum Gasteiger partial charge on any atom is -0.479 e. The summed E-state index contributed by atoms with van der Waals surface area (Å²) in [7, 11) is 0. The highest BCUT2D eigenvalue weighted by Crippen LogP contribution is 2.76. The van der Waals surface area contributed by atoms with E-state index in [9.17, 15) is 112 Å². The molecule has 43 atom stereocenters. The summed E-state index contributed by atoms with van der Waals surface area (Å²) in [6, 6.07) is 0. The monoisotopic (exact) mass is 1540 g/mol. The summed E-state index contributed by atoms with van der Waals surface area (Å²) in [5.41, 5.74) is -5.01. The first-order valence-corrected chi connectivity index (χ1v) is 37.0. The van der Waals surface area contributed by atoms with Crippen LogP contribution in [0.4, 0.5) is 0 Å². The number of hydrogen-bond donors (Lipinski definition) is 20. The van der Waals surface area contributed by atoms with Gasteiger partial charge in [0.1, 0.15) is 146 Å². The zero-order chi connectivity index (χ0) is 78.2. The molecule has 12 aliphatic rings. The van der Waals surface area contributed by atoms with Crippen molar-refractivity contribution in [2.24, 2.45) is 50.2 Å². The van der Waals surface area contributed by atoms with Gasteiger partial charge in [-0.25, -0.2) is 4.79 Å². The van der Waals surface area contributed by atoms with Crippen molar-refractivity contribution in [2.75, 3.05) is 26.4 Å². The lowest BCUT2D eigenvalue weighted by Gasteiger charge is -2.71. The van der Waals surface area contributed by atoms with Crippen molar-refractivity contribution in [3.8, 4) is 0 Å². The number of esters is 1. The Labute approximate surface area is 615 Å². The third kappa shape index (κ3) is 14.3. The number of carbonyl (C=O) groups excluding carboxylic acids is 2. The average molecular weight is 1540 g/mol. The smallest absolute Gasteiger partial charge is 0.335 e. The molecule has 12 rings (SSSR count). The van der Waals surface area contributed by atoms with Crippen LogP contribution in [0, 0.1) is 50.2 Å². The number of aliphatic hydroxyl groups is 19. The molecule has 107 heavy (non-hydrogen) atoms. The maximum atomic E-state index is 15.9. The van der Waals surface area contributed by atoms with E-state index in [1.165, 1.54) is 13.8 Å². The summed E-state index contributed by atoms with van der Waals surface area (Å²) in [5, 5.41) is 220. The van der Waals surface area contributed by atoms with Crippen LogP contribution in [-0.2, 0) is 80.7 Å². The molecule has 7 saturated heterocycles. The van der Waals surface area contributed by atoms with E-state index in [1.807, 2.05) is 0 Å². The molecular formula is C70H110O37. The molecule has 4 saturated carbocycles. The quantitative estimate of drug-likeness (QED) is 0.0262. The number of carboxylic acid groups (broad SMARTS) is 1. The van der Waals surface area contributed by atoms with Gasteiger partial charge in [-0.1, -0.05) is 53.2 Å². The number of carboxylic acids is 1. The third-order valence-corrected chi connectivity index (χ3v) is 26.9. The first kappa shape index (κ1) is 83.5. The molecule has 7 aliphatic heterocycles. The second-order valence-corrected chi connectivity index (χ2v) is 33.6. The van der Waals surface area contributed by atoms with Crippen molar-refractivity contribution >= 4 is 18.2 Å². The summed E-state index contributed by atoms with van der Waals surface area (Å²) in [6.07, 6.45) is -58.4. The minimum atomic E-state index is -2.23. The number of rotatable bonds is 18. The standard InChI is InChI=1S/C70H110O37/c1-24-36(77)43(84)54(105-61-49(90)52(103-59-46(87)41(82)39(80)30(19-71)98-59)50(25(2)97-61)101-57-44(85)37(78)28(74)21-94-57)62(96-24)107-64(93)70-16-15-65(3,4)17-27(70)26-9-10-33-66(5)13-12-35(67(6,23-73)32(66)11-14-68(33,7)69(26,8)18-34(70)76)100-63-55(106-60-47(88)42(83)40(81)31(20-72)99-60)51(48(89)53(104-63)56(91)92)102-58-45(86)38(79)29(75)22-95-58/h9,23-25,27-55,57-63,71-72,74-90H,10-22H2,1-8H3,(H,91,92)/t24-,25+,27+,28-,29-,30-,31-,32-,33-,34-,35+,36+,37+,38+,39-,40+,41+,42+,43+,44-,45-,46-,47-,48+,49-,50+,51+,52+,53+,54-,55-,57-,58-,59+,60+,61-,62-,63-,66+,67+,68-,69-,70-/m1/s1. The van der Waals surface area contributed by atoms with Gasteiger partial charge in [0.25, 0.3) is 0 Å². The second-order valence-electron chi connectivity index (χ2n) is 33.6. The van der Waals surface area contributed by atoms with Gasteiger partial charge in [-0.3, -0.25) is 4.79 Å². The molecule has 612 valence electrons. The van der Waals surface area contributed by atoms with Crippen LogP contribution in [-0.4, -0.2) is 362 Å². The van der Waals surface area contributed by atoms with Crippen molar-refractivity contribution in [1.82, 2.24) is 0 Å². The Morgan fingerprint density at radius 1 is 0.486 bits per heavy atom. The van der Waals surface area contributed by atoms with Gasteiger partial charge in [-0.05, 0) is 111 Å². The van der Waals surface area contributed by atoms with E-state index in [0.717, 1.165) is 11.9 Å². The van der Waals surface area contributed by atoms with Crippen molar-refractivity contribution < 1.29 is 183 Å². The highest BCUT2D eigenvalue weighted by atomic mass is 16.8. The van der Waals surface area contributed by atoms with E-state index in [0.29, 0.717) is 38.5 Å². The van der Waals surface area contributed by atoms with Gasteiger partial charge in [0.05, 0.1) is 56.3 Å². The van der Waals surface area contributed by atoms with Crippen LogP contribution < -0.4 is 0 Å². The molecule has 11 fully saturated rings. The normalized spacial score (nSPS) is 55.0. The minimum absolute atomic E-state index is 0.0111. The highest BCUT2D eigenvalue weighted by Gasteiger charge is 2.73. The van der Waals surface area contributed by atoms with E-state index in [1.54, 1.807) is 6.92 Å². The zero-order valence-corrected chi connectivity index (χ0v) is 60.7. The first-order chi connectivity index (χ1) is 50.2. The van der Waals surface area contributed by atoms with Crippen LogP contribution >= 0.6 is 0 Å². The van der Waals surface area contributed by atoms with E-state index in [-0.39, 0.29) is 25.2 Å². The SMILES string of the molecule is C[C@@H]1O[C@H](O[C@H]2[C@@H](OC(=O)[C@]34CCC(C)(C)C[C@H]3C3=CC[C@@H]5[C@@]6(C)CC[C@H](O[C@@H]7O[C@H](C(=O)O)[C@@H](O)[C@H](O[C@H]8OC[C@@H](O)[C@H](O)[C@H]8O)[C@H]7O[C@@H]7O[C@H](CO)[C@H](O)[C@H](O)[C@H]7O)[C@@](C)(C=O)[C@@H]6CC[C@@]5(C)[C@]3(C)C[C@H]4O)O[C@H](C)[C@H](O)[C@@H]2O)[C@H](O)[C@H](O[C@@H]2O[C@H](CO)[C@@H](O)[C@H](O)[C@H]2O)[C@H]1O[C@H]1OC[C@@H](O)[C@H](O)[C@H]1O. The van der Waals surface area contributed by atoms with E-state index >= 15 is 4.79 Å². The number of aliphatic hydroxyl groups excluding tert-OH is 19. The number of fused-ring (bicyclic) bond motifs is 7. The fourth-order valence-corrected chi connectivity index (χ4v) is 20.2. The van der Waals surface area contributed by atoms with E-state index < -0.39 is 298 Å². The zero-order valence-electron chi connectivity index (χ0n) is 60.7. The summed E-state index contributed by atoms with van der Waals surface area (Å²) in [5.74, 6) is -4.17. The van der Waals surface area contributed by atoms with Crippen molar-refractivity contribution in [3.63, 3.8) is 0 Å². The van der Waals surface area contributed by atoms with Gasteiger partial charge >= 0.3 is 11.9 Å². The van der Waals surface area contributed by atoms with Gasteiger partial charge in [0.15, 0.2) is 49.9 Å². The predicted molar refractivity (Wildman–Crippen MR) is 348 cm³/mol. The van der Waals surface area contributed by atoms with Crippen LogP contribution in [0.5, 0.6) is 0 Å². The average Bonchev–Trinajstić information content (AvgIpc) is 0.670. The van der Waals surface area contributed by atoms with Crippen molar-refractivity contribution in [2.45, 2.75) is 328 Å². The van der Waals surface area contributed by atoms with Crippen LogP contribution in [0.2, 0.25) is 0 Å². The lowest BCUT2D eigenvalue weighted by atomic mass is 9.33. The van der Waals surface area contributed by atoms with Crippen molar-refractivity contribution in [1.29, 1.82) is 0 Å². The van der Waals surface area contributed by atoms with Crippen LogP contribution in [0.15, 0.2) is 11.6 Å². The number of allylic oxidation sites excluding steroid dienone is 2. The Bertz CT molecular complexity index is 3130. The Morgan fingerprint density at radius 3 is 1.56 bits per heavy atom. The Kier molecular flexibility index (Phi) is 24.5. The number of carbonyl (C=O) groups is 3. The van der Waals surface area contributed by atoms with E-state index in [2.05, 4.69) is 40.7 Å². The lowest BCUT2D eigenvalue weighted by molar-refractivity contribution is -0.394. The Morgan fingerprint density at radius 2 is 1.00 bits per heavy atom. The molecule has 0 aromatic rings. The molecule has 0 spiro atoms. The molecule has 0 unspecified atom stereocenters. The number of aldehydes is 1. The van der Waals surface area contributed by atoms with Crippen molar-refractivity contribution in [3.05, 3.63) is 11.6 Å². The van der Waals surface area contributed by atoms with Gasteiger partial charge in [0.2, 0.25) is 6.29 Å². The number of ether oxygens (including phenoxy) is 14. The number of aliphatic carboxylic acids is 1. The second kappa shape index (κ2) is 31.4. The van der Waals surface area contributed by atoms with Gasteiger partial charge in [-0.15, -0.1) is 0 Å². The Balaban J connectivity index is 0.815. The third-order valence-electron chi connectivity index (χ3n) is 26.9. The molecule has 37 nitrogen and oxygen atoms in total. The number of hydrogen-bond acceptors (Lipinski definition) is 36. The van der Waals surface area contributed by atoms with Crippen LogP contribution in [0.1, 0.15) is 113 Å². The molecule has 0 aromatic carbocycles. The molecule has 20 N–H and O–H groups in total. The maximum Gasteiger partial charge on any atom is 0.335 e. The predicted octanol–water partition coefficient (Wildman–Crippen LogP) is -6.99. The van der Waals surface area contributed by atoms with Gasteiger partial charge in [0, 0.05) is 0 Å². The van der Waals surface area contributed by atoms with E-state index in [4.69, 9.17) is 66.3 Å². The van der Waals surface area contributed by atoms with Crippen LogP contribution in [0.25, 0.3) is 0 Å². The van der Waals surface area contributed by atoms with Gasteiger partial charge < -0.3 is 173 Å². The first-order valence-electron chi connectivity index (χ1n) is 37.0. The molecule has 0 amide bonds. The molecule has 5 aliphatic carbocycles. The summed E-state index contributed by atoms with van der Waals surface area (Å²) in [4.78, 5) is 43.2. The topological polar surface area (TPSA) is 585 Å². The fraction of sp³-hybridized carbons (Fsp3) is 0.929. The fourth-order valence-electron chi connectivity index (χ4n) is 20.2. The largest absolute Gasteiger partial charge is 0.479 e.